The van der Waals surface area contributed by atoms with Gasteiger partial charge in [0.1, 0.15) is 0 Å². The molecule has 0 aliphatic carbocycles. The van der Waals surface area contributed by atoms with Gasteiger partial charge < -0.3 is 10.2 Å². The van der Waals surface area contributed by atoms with Crippen molar-refractivity contribution in [2.24, 2.45) is 0 Å². The molecule has 0 aromatic carbocycles. The smallest absolute Gasteiger partial charge is 0.239 e. The van der Waals surface area contributed by atoms with Gasteiger partial charge in [0.15, 0.2) is 0 Å². The molecule has 2 rings (SSSR count). The van der Waals surface area contributed by atoms with E-state index in [0.29, 0.717) is 6.54 Å². The topological polar surface area (TPSA) is 45.2 Å². The Hall–Kier alpha value is -1.42. The Morgan fingerprint density at radius 1 is 1.39 bits per heavy atom. The number of amides is 1. The number of hydrogen-bond donors (Lipinski definition) is 1. The first-order chi connectivity index (χ1) is 8.77. The third-order valence-electron chi connectivity index (χ3n) is 3.40. The van der Waals surface area contributed by atoms with Crippen molar-refractivity contribution in [3.8, 4) is 0 Å². The minimum atomic E-state index is -0.000614. The Morgan fingerprint density at radius 3 is 2.94 bits per heavy atom. The van der Waals surface area contributed by atoms with Crippen molar-refractivity contribution in [2.45, 2.75) is 38.3 Å². The summed E-state index contributed by atoms with van der Waals surface area (Å²) in [6, 6.07) is 3.90. The Morgan fingerprint density at radius 2 is 2.17 bits per heavy atom. The fourth-order valence-electron chi connectivity index (χ4n) is 2.35. The van der Waals surface area contributed by atoms with Crippen LogP contribution in [-0.4, -0.2) is 35.4 Å². The molecule has 1 atom stereocenters. The van der Waals surface area contributed by atoms with Gasteiger partial charge in [-0.25, -0.2) is 0 Å². The van der Waals surface area contributed by atoms with E-state index in [0.717, 1.165) is 24.9 Å². The van der Waals surface area contributed by atoms with E-state index in [-0.39, 0.29) is 11.9 Å². The van der Waals surface area contributed by atoms with Gasteiger partial charge in [0.05, 0.1) is 6.04 Å². The number of nitrogens with zero attached hydrogens (tertiary/aromatic N) is 2. The maximum atomic E-state index is 12.3. The monoisotopic (exact) mass is 247 g/mol. The summed E-state index contributed by atoms with van der Waals surface area (Å²) in [6.07, 6.45) is 8.03. The van der Waals surface area contributed by atoms with Crippen LogP contribution < -0.4 is 5.32 Å². The van der Waals surface area contributed by atoms with Crippen LogP contribution in [0.5, 0.6) is 0 Å². The lowest BCUT2D eigenvalue weighted by atomic mass is 10.1. The van der Waals surface area contributed by atoms with Gasteiger partial charge in [-0.1, -0.05) is 12.8 Å². The summed E-state index contributed by atoms with van der Waals surface area (Å²) in [5, 5.41) is 3.34. The molecule has 1 aromatic rings. The first-order valence-corrected chi connectivity index (χ1v) is 6.64. The molecule has 1 aliphatic heterocycles. The molecule has 0 spiro atoms. The van der Waals surface area contributed by atoms with E-state index in [4.69, 9.17) is 0 Å². The van der Waals surface area contributed by atoms with Gasteiger partial charge in [-0.05, 0) is 37.1 Å². The number of pyridine rings is 1. The molecule has 0 saturated carbocycles. The predicted molar refractivity (Wildman–Crippen MR) is 71.0 cm³/mol. The van der Waals surface area contributed by atoms with E-state index < -0.39 is 0 Å². The SMILES string of the molecule is CN(Cc1ccncc1)C(=O)C1CCCCCN1. The number of rotatable bonds is 3. The summed E-state index contributed by atoms with van der Waals surface area (Å²) in [5.41, 5.74) is 1.12. The van der Waals surface area contributed by atoms with Crippen LogP contribution in [0.3, 0.4) is 0 Å². The lowest BCUT2D eigenvalue weighted by Gasteiger charge is -2.23. The van der Waals surface area contributed by atoms with Crippen molar-refractivity contribution in [3.05, 3.63) is 30.1 Å². The highest BCUT2D eigenvalue weighted by molar-refractivity contribution is 5.81. The number of aromatic nitrogens is 1. The molecule has 0 bridgehead atoms. The maximum absolute atomic E-state index is 12.3. The molecule has 2 heterocycles. The van der Waals surface area contributed by atoms with Gasteiger partial charge >= 0.3 is 0 Å². The fourth-order valence-corrected chi connectivity index (χ4v) is 2.35. The van der Waals surface area contributed by atoms with Crippen LogP contribution in [0.1, 0.15) is 31.2 Å². The molecular formula is C14H21N3O. The highest BCUT2D eigenvalue weighted by Crippen LogP contribution is 2.11. The second-order valence-electron chi connectivity index (χ2n) is 4.91. The average Bonchev–Trinajstić information content (AvgIpc) is 2.68. The summed E-state index contributed by atoms with van der Waals surface area (Å²) in [7, 11) is 1.87. The molecule has 18 heavy (non-hydrogen) atoms. The highest BCUT2D eigenvalue weighted by atomic mass is 16.2. The molecule has 1 N–H and O–H groups in total. The maximum Gasteiger partial charge on any atom is 0.239 e. The number of nitrogens with one attached hydrogen (secondary N) is 1. The summed E-state index contributed by atoms with van der Waals surface area (Å²) in [5.74, 6) is 0.203. The predicted octanol–water partition coefficient (Wildman–Crippen LogP) is 1.57. The zero-order chi connectivity index (χ0) is 12.8. The van der Waals surface area contributed by atoms with Gasteiger partial charge in [0.25, 0.3) is 0 Å². The van der Waals surface area contributed by atoms with E-state index >= 15 is 0 Å². The molecule has 1 saturated heterocycles. The van der Waals surface area contributed by atoms with E-state index in [9.17, 15) is 4.79 Å². The van der Waals surface area contributed by atoms with Crippen LogP contribution in [-0.2, 0) is 11.3 Å². The van der Waals surface area contributed by atoms with E-state index in [1.165, 1.54) is 12.8 Å². The van der Waals surface area contributed by atoms with Crippen molar-refractivity contribution >= 4 is 5.91 Å². The van der Waals surface area contributed by atoms with Crippen molar-refractivity contribution in [1.29, 1.82) is 0 Å². The number of carbonyl (C=O) groups is 1. The molecule has 1 aliphatic rings. The van der Waals surface area contributed by atoms with Crippen LogP contribution >= 0.6 is 0 Å². The molecule has 1 amide bonds. The molecular weight excluding hydrogens is 226 g/mol. The van der Waals surface area contributed by atoms with Gasteiger partial charge in [0, 0.05) is 26.0 Å². The van der Waals surface area contributed by atoms with Crippen molar-refractivity contribution < 1.29 is 4.79 Å². The zero-order valence-corrected chi connectivity index (χ0v) is 10.9. The number of hydrogen-bond acceptors (Lipinski definition) is 3. The van der Waals surface area contributed by atoms with Crippen molar-refractivity contribution in [1.82, 2.24) is 15.2 Å². The minimum absolute atomic E-state index is 0.000614. The lowest BCUT2D eigenvalue weighted by molar-refractivity contribution is -0.132. The van der Waals surface area contributed by atoms with Gasteiger partial charge in [-0.15, -0.1) is 0 Å². The van der Waals surface area contributed by atoms with E-state index in [1.54, 1.807) is 17.3 Å². The molecule has 4 nitrogen and oxygen atoms in total. The van der Waals surface area contributed by atoms with Gasteiger partial charge in [0.2, 0.25) is 5.91 Å². The average molecular weight is 247 g/mol. The summed E-state index contributed by atoms with van der Waals surface area (Å²) in [4.78, 5) is 18.1. The molecule has 98 valence electrons. The largest absolute Gasteiger partial charge is 0.340 e. The second-order valence-corrected chi connectivity index (χ2v) is 4.91. The Kier molecular flexibility index (Phi) is 4.70. The molecule has 1 unspecified atom stereocenters. The molecule has 4 heteroatoms. The van der Waals surface area contributed by atoms with Crippen LogP contribution in [0.15, 0.2) is 24.5 Å². The highest BCUT2D eigenvalue weighted by Gasteiger charge is 2.22. The van der Waals surface area contributed by atoms with Gasteiger partial charge in [-0.3, -0.25) is 9.78 Å². The lowest BCUT2D eigenvalue weighted by Crippen LogP contribution is -2.44. The third kappa shape index (κ3) is 3.53. The summed E-state index contributed by atoms with van der Waals surface area (Å²) in [6.45, 7) is 1.61. The zero-order valence-electron chi connectivity index (χ0n) is 10.9. The van der Waals surface area contributed by atoms with Crippen LogP contribution in [0, 0.1) is 0 Å². The Balaban J connectivity index is 1.91. The number of likely N-dealkylation sites (N-methyl/N-ethyl adjacent to an activating group) is 1. The van der Waals surface area contributed by atoms with E-state index in [1.807, 2.05) is 19.2 Å². The van der Waals surface area contributed by atoms with Crippen molar-refractivity contribution in [2.75, 3.05) is 13.6 Å². The van der Waals surface area contributed by atoms with E-state index in [2.05, 4.69) is 10.3 Å². The molecule has 1 fully saturated rings. The molecule has 0 radical (unpaired) electrons. The Bertz CT molecular complexity index is 372. The normalized spacial score (nSPS) is 20.2. The van der Waals surface area contributed by atoms with Gasteiger partial charge in [-0.2, -0.15) is 0 Å². The van der Waals surface area contributed by atoms with Crippen molar-refractivity contribution in [3.63, 3.8) is 0 Å². The molecule has 1 aromatic heterocycles. The summed E-state index contributed by atoms with van der Waals surface area (Å²) < 4.78 is 0. The quantitative estimate of drug-likeness (QED) is 0.882. The standard InChI is InChI=1S/C14H21N3O/c1-17(11-12-6-9-15-10-7-12)14(18)13-5-3-2-4-8-16-13/h6-7,9-10,13,16H,2-5,8,11H2,1H3. The summed E-state index contributed by atoms with van der Waals surface area (Å²) >= 11 is 0. The first kappa shape index (κ1) is 13.0. The second kappa shape index (κ2) is 6.50. The first-order valence-electron chi connectivity index (χ1n) is 6.64. The van der Waals surface area contributed by atoms with Crippen LogP contribution in [0.4, 0.5) is 0 Å². The van der Waals surface area contributed by atoms with Crippen LogP contribution in [0.25, 0.3) is 0 Å². The van der Waals surface area contributed by atoms with Crippen LogP contribution in [0.2, 0.25) is 0 Å². The number of carbonyl (C=O) groups excluding carboxylic acids is 1. The third-order valence-corrected chi connectivity index (χ3v) is 3.40. The fraction of sp³-hybridized carbons (Fsp3) is 0.571. The minimum Gasteiger partial charge on any atom is -0.340 e. The Labute approximate surface area is 108 Å².